The molecule has 6 nitrogen and oxygen atoms in total. The van der Waals surface area contributed by atoms with Gasteiger partial charge in [-0.2, -0.15) is 13.2 Å². The van der Waals surface area contributed by atoms with Crippen LogP contribution in [0.25, 0.3) is 0 Å². The molecule has 1 unspecified atom stereocenters. The maximum atomic E-state index is 12.9. The summed E-state index contributed by atoms with van der Waals surface area (Å²) in [4.78, 5) is 17.3. The maximum absolute atomic E-state index is 12.9. The van der Waals surface area contributed by atoms with E-state index >= 15 is 0 Å². The van der Waals surface area contributed by atoms with E-state index in [0.29, 0.717) is 31.6 Å². The largest absolute Gasteiger partial charge is 0.434 e. The van der Waals surface area contributed by atoms with Gasteiger partial charge in [-0.1, -0.05) is 0 Å². The summed E-state index contributed by atoms with van der Waals surface area (Å²) in [6.45, 7) is -0.786. The lowest BCUT2D eigenvalue weighted by atomic mass is 9.84. The van der Waals surface area contributed by atoms with Crippen LogP contribution in [0.5, 0.6) is 0 Å². The van der Waals surface area contributed by atoms with Gasteiger partial charge in [-0.3, -0.25) is 4.98 Å². The average Bonchev–Trinajstić information content (AvgIpc) is 3.09. The number of halogens is 5. The Morgan fingerprint density at radius 2 is 2.07 bits per heavy atom. The smallest absolute Gasteiger partial charge is 0.427 e. The zero-order chi connectivity index (χ0) is 21.2. The molecular weight excluding hydrogens is 403 g/mol. The Morgan fingerprint density at radius 1 is 1.38 bits per heavy atom. The molecule has 3 heterocycles. The lowest BCUT2D eigenvalue weighted by Gasteiger charge is -2.38. The van der Waals surface area contributed by atoms with Crippen LogP contribution in [0.1, 0.15) is 42.9 Å². The van der Waals surface area contributed by atoms with Crippen molar-refractivity contribution in [3.63, 3.8) is 0 Å². The van der Waals surface area contributed by atoms with Crippen LogP contribution in [0.3, 0.4) is 0 Å². The number of hydrogen-bond acceptors (Lipinski definition) is 5. The Labute approximate surface area is 163 Å². The van der Waals surface area contributed by atoms with Crippen LogP contribution in [0.2, 0.25) is 0 Å². The van der Waals surface area contributed by atoms with Crippen molar-refractivity contribution in [2.24, 2.45) is 0 Å². The van der Waals surface area contributed by atoms with Gasteiger partial charge in [-0.25, -0.2) is 13.6 Å². The number of ether oxygens (including phenoxy) is 2. The highest BCUT2D eigenvalue weighted by Gasteiger charge is 2.46. The van der Waals surface area contributed by atoms with Gasteiger partial charge in [0.1, 0.15) is 0 Å². The molecular formula is C18H21F5N2O4. The molecule has 2 aliphatic heterocycles. The fraction of sp³-hybridized carbons (Fsp3) is 0.667. The van der Waals surface area contributed by atoms with E-state index in [0.717, 1.165) is 4.90 Å². The molecule has 1 spiro atoms. The Kier molecular flexibility index (Phi) is 6.27. The van der Waals surface area contributed by atoms with Crippen LogP contribution in [0, 0.1) is 0 Å². The van der Waals surface area contributed by atoms with Gasteiger partial charge in [0.2, 0.25) is 6.10 Å². The second-order valence-corrected chi connectivity index (χ2v) is 7.29. The molecule has 1 aromatic heterocycles. The lowest BCUT2D eigenvalue weighted by Crippen LogP contribution is -2.48. The van der Waals surface area contributed by atoms with Crippen molar-refractivity contribution in [1.82, 2.24) is 9.88 Å². The van der Waals surface area contributed by atoms with Crippen molar-refractivity contribution in [2.75, 3.05) is 26.3 Å². The van der Waals surface area contributed by atoms with Gasteiger partial charge in [-0.05, 0) is 31.4 Å². The lowest BCUT2D eigenvalue weighted by molar-refractivity contribution is -0.215. The number of aliphatic hydroxyl groups excluding tert-OH is 1. The molecule has 11 heteroatoms. The first kappa shape index (κ1) is 21.7. The third-order valence-corrected chi connectivity index (χ3v) is 5.39. The zero-order valence-corrected chi connectivity index (χ0v) is 15.4. The fourth-order valence-electron chi connectivity index (χ4n) is 3.71. The number of rotatable bonds is 4. The first-order valence-corrected chi connectivity index (χ1v) is 9.15. The summed E-state index contributed by atoms with van der Waals surface area (Å²) >= 11 is 0. The minimum absolute atomic E-state index is 0.114. The molecule has 162 valence electrons. The maximum Gasteiger partial charge on any atom is 0.427 e. The van der Waals surface area contributed by atoms with Gasteiger partial charge < -0.3 is 19.5 Å². The number of aliphatic hydroxyl groups is 1. The number of amides is 1. The van der Waals surface area contributed by atoms with E-state index in [9.17, 15) is 26.7 Å². The molecule has 0 bridgehead atoms. The minimum Gasteiger partial charge on any atom is -0.434 e. The third-order valence-electron chi connectivity index (χ3n) is 5.39. The number of piperidine rings is 1. The molecule has 0 radical (unpaired) electrons. The molecule has 2 atom stereocenters. The predicted octanol–water partition coefficient (Wildman–Crippen LogP) is 3.42. The number of likely N-dealkylation sites (tertiary alicyclic amines) is 1. The quantitative estimate of drug-likeness (QED) is 0.750. The summed E-state index contributed by atoms with van der Waals surface area (Å²) in [6.07, 6.45) is -8.53. The van der Waals surface area contributed by atoms with Gasteiger partial charge in [0.05, 0.1) is 18.8 Å². The van der Waals surface area contributed by atoms with Crippen molar-refractivity contribution < 1.29 is 41.3 Å². The highest BCUT2D eigenvalue weighted by molar-refractivity contribution is 5.68. The first-order chi connectivity index (χ1) is 13.6. The van der Waals surface area contributed by atoms with Crippen molar-refractivity contribution in [3.8, 4) is 0 Å². The molecule has 2 saturated heterocycles. The van der Waals surface area contributed by atoms with E-state index in [2.05, 4.69) is 9.72 Å². The number of carbonyl (C=O) groups excluding carboxylic acids is 1. The van der Waals surface area contributed by atoms with Crippen molar-refractivity contribution in [1.29, 1.82) is 0 Å². The first-order valence-electron chi connectivity index (χ1n) is 9.15. The van der Waals surface area contributed by atoms with Gasteiger partial charge in [-0.15, -0.1) is 0 Å². The molecule has 3 rings (SSSR count). The molecule has 1 N–H and O–H groups in total. The molecule has 29 heavy (non-hydrogen) atoms. The van der Waals surface area contributed by atoms with E-state index in [1.54, 1.807) is 0 Å². The minimum atomic E-state index is -4.84. The van der Waals surface area contributed by atoms with Crippen molar-refractivity contribution in [3.05, 3.63) is 29.6 Å². The molecule has 0 aliphatic carbocycles. The van der Waals surface area contributed by atoms with Crippen LogP contribution < -0.4 is 0 Å². The summed E-state index contributed by atoms with van der Waals surface area (Å²) in [6, 6.07) is 2.61. The summed E-state index contributed by atoms with van der Waals surface area (Å²) in [7, 11) is 0. The number of alkyl halides is 5. The fourth-order valence-corrected chi connectivity index (χ4v) is 3.71. The van der Waals surface area contributed by atoms with E-state index in [-0.39, 0.29) is 24.6 Å². The summed E-state index contributed by atoms with van der Waals surface area (Å²) in [5, 5.41) is 8.78. The van der Waals surface area contributed by atoms with Crippen molar-refractivity contribution in [2.45, 2.75) is 49.5 Å². The van der Waals surface area contributed by atoms with Crippen LogP contribution in [0.4, 0.5) is 26.7 Å². The molecule has 2 aliphatic rings. The standard InChI is InChI=1S/C18H21F5N2O4/c19-15(20)11-1-4-24-13(7-11)12-8-17(28-10-12)2-5-25(6-3-17)16(27)29-14(9-26)18(21,22)23/h1,4,7,12,14-15,26H,2-3,5-6,8-10H2/t12?,14-/m1/s1. The Balaban J connectivity index is 1.57. The van der Waals surface area contributed by atoms with Crippen LogP contribution in [-0.4, -0.2) is 65.3 Å². The predicted molar refractivity (Wildman–Crippen MR) is 89.5 cm³/mol. The SMILES string of the molecule is O=C(O[C@H](CO)C(F)(F)F)N1CCC2(CC1)CC(c1cc(C(F)F)ccn1)CO2. The monoisotopic (exact) mass is 424 g/mol. The van der Waals surface area contributed by atoms with E-state index < -0.39 is 37.0 Å². The number of hydrogen-bond donors (Lipinski definition) is 1. The molecule has 2 fully saturated rings. The molecule has 1 aromatic rings. The Bertz CT molecular complexity index is 722. The zero-order valence-electron chi connectivity index (χ0n) is 15.4. The van der Waals surface area contributed by atoms with E-state index in [1.165, 1.54) is 18.3 Å². The highest BCUT2D eigenvalue weighted by Crippen LogP contribution is 2.42. The van der Waals surface area contributed by atoms with Crippen LogP contribution in [0.15, 0.2) is 18.3 Å². The highest BCUT2D eigenvalue weighted by atomic mass is 19.4. The third kappa shape index (κ3) is 4.95. The van der Waals surface area contributed by atoms with Gasteiger partial charge >= 0.3 is 12.3 Å². The number of nitrogens with zero attached hydrogens (tertiary/aromatic N) is 2. The van der Waals surface area contributed by atoms with Gasteiger partial charge in [0.25, 0.3) is 6.43 Å². The van der Waals surface area contributed by atoms with E-state index in [1.807, 2.05) is 0 Å². The second-order valence-electron chi connectivity index (χ2n) is 7.29. The number of aromatic nitrogens is 1. The summed E-state index contributed by atoms with van der Waals surface area (Å²) in [5.41, 5.74) is -0.182. The van der Waals surface area contributed by atoms with Crippen LogP contribution in [-0.2, 0) is 9.47 Å². The van der Waals surface area contributed by atoms with Crippen LogP contribution >= 0.6 is 0 Å². The average molecular weight is 424 g/mol. The summed E-state index contributed by atoms with van der Waals surface area (Å²) in [5.74, 6) is -0.170. The Morgan fingerprint density at radius 3 is 2.66 bits per heavy atom. The molecule has 1 amide bonds. The summed E-state index contributed by atoms with van der Waals surface area (Å²) < 4.78 is 74.0. The normalized spacial score (nSPS) is 22.9. The van der Waals surface area contributed by atoms with Gasteiger partial charge in [0.15, 0.2) is 0 Å². The topological polar surface area (TPSA) is 71.9 Å². The molecule has 0 aromatic carbocycles. The van der Waals surface area contributed by atoms with Gasteiger partial charge in [0, 0.05) is 36.5 Å². The molecule has 0 saturated carbocycles. The van der Waals surface area contributed by atoms with Crippen molar-refractivity contribution >= 4 is 6.09 Å². The van der Waals surface area contributed by atoms with E-state index in [4.69, 9.17) is 9.84 Å². The number of carbonyl (C=O) groups is 1. The Hall–Kier alpha value is -2.01. The second kappa shape index (κ2) is 8.39. The number of pyridine rings is 1.